The molecule has 3 rings (SSSR count). The van der Waals surface area contributed by atoms with Crippen molar-refractivity contribution in [2.75, 3.05) is 23.8 Å². The molecule has 4 nitrogen and oxygen atoms in total. The quantitative estimate of drug-likeness (QED) is 0.897. The van der Waals surface area contributed by atoms with E-state index in [1.807, 2.05) is 50.2 Å². The Hall–Kier alpha value is -2.49. The first-order valence-corrected chi connectivity index (χ1v) is 8.09. The van der Waals surface area contributed by atoms with Crippen LogP contribution in [0.3, 0.4) is 0 Å². The summed E-state index contributed by atoms with van der Waals surface area (Å²) in [4.78, 5) is 12.7. The van der Waals surface area contributed by atoms with Crippen molar-refractivity contribution in [3.05, 3.63) is 53.1 Å². The standard InChI is InChI=1S/C19H22N2O2/c1-3-23-18-12-13(2)9-10-17(18)21-19(22)15-6-4-8-16-14(15)7-5-11-20-16/h4,6,8-10,12,20H,3,5,7,11H2,1-2H3,(H,21,22). The Balaban J connectivity index is 1.88. The van der Waals surface area contributed by atoms with Gasteiger partial charge in [-0.25, -0.2) is 0 Å². The number of fused-ring (bicyclic) bond motifs is 1. The van der Waals surface area contributed by atoms with E-state index in [1.54, 1.807) is 0 Å². The van der Waals surface area contributed by atoms with E-state index in [2.05, 4.69) is 10.6 Å². The van der Waals surface area contributed by atoms with E-state index in [0.29, 0.717) is 18.0 Å². The van der Waals surface area contributed by atoms with Gasteiger partial charge >= 0.3 is 0 Å². The summed E-state index contributed by atoms with van der Waals surface area (Å²) in [5.74, 6) is 0.624. The number of carbonyl (C=O) groups is 1. The number of ether oxygens (including phenoxy) is 1. The molecule has 1 heterocycles. The molecule has 0 atom stereocenters. The van der Waals surface area contributed by atoms with Crippen molar-refractivity contribution in [3.8, 4) is 5.75 Å². The Kier molecular flexibility index (Phi) is 4.51. The summed E-state index contributed by atoms with van der Waals surface area (Å²) in [6.07, 6.45) is 1.98. The van der Waals surface area contributed by atoms with Crippen LogP contribution in [-0.2, 0) is 6.42 Å². The fourth-order valence-corrected chi connectivity index (χ4v) is 2.92. The third-order valence-corrected chi connectivity index (χ3v) is 4.02. The first-order valence-electron chi connectivity index (χ1n) is 8.09. The number of hydrogen-bond acceptors (Lipinski definition) is 3. The highest BCUT2D eigenvalue weighted by Gasteiger charge is 2.18. The van der Waals surface area contributed by atoms with Crippen molar-refractivity contribution < 1.29 is 9.53 Å². The molecule has 2 aromatic carbocycles. The van der Waals surface area contributed by atoms with Gasteiger partial charge in [-0.05, 0) is 62.1 Å². The molecule has 0 spiro atoms. The maximum Gasteiger partial charge on any atom is 0.256 e. The Morgan fingerprint density at radius 3 is 3.00 bits per heavy atom. The van der Waals surface area contributed by atoms with Gasteiger partial charge in [0, 0.05) is 17.8 Å². The molecule has 4 heteroatoms. The molecule has 0 aliphatic carbocycles. The number of hydrogen-bond donors (Lipinski definition) is 2. The molecule has 2 N–H and O–H groups in total. The van der Waals surface area contributed by atoms with Gasteiger partial charge in [0.1, 0.15) is 5.75 Å². The van der Waals surface area contributed by atoms with Gasteiger partial charge in [0.2, 0.25) is 0 Å². The molecule has 120 valence electrons. The zero-order valence-corrected chi connectivity index (χ0v) is 13.6. The molecular weight excluding hydrogens is 288 g/mol. The number of aryl methyl sites for hydroxylation is 1. The average molecular weight is 310 g/mol. The third-order valence-electron chi connectivity index (χ3n) is 4.02. The van der Waals surface area contributed by atoms with Crippen molar-refractivity contribution in [1.82, 2.24) is 0 Å². The highest BCUT2D eigenvalue weighted by Crippen LogP contribution is 2.29. The van der Waals surface area contributed by atoms with Gasteiger partial charge in [0.15, 0.2) is 0 Å². The van der Waals surface area contributed by atoms with Crippen LogP contribution in [0.4, 0.5) is 11.4 Å². The molecule has 0 aromatic heterocycles. The maximum absolute atomic E-state index is 12.7. The summed E-state index contributed by atoms with van der Waals surface area (Å²) in [7, 11) is 0. The van der Waals surface area contributed by atoms with Crippen molar-refractivity contribution in [2.24, 2.45) is 0 Å². The second-order valence-corrected chi connectivity index (χ2v) is 5.75. The van der Waals surface area contributed by atoms with Crippen molar-refractivity contribution in [1.29, 1.82) is 0 Å². The van der Waals surface area contributed by atoms with Crippen molar-refractivity contribution in [3.63, 3.8) is 0 Å². The minimum Gasteiger partial charge on any atom is -0.492 e. The van der Waals surface area contributed by atoms with Gasteiger partial charge < -0.3 is 15.4 Å². The number of rotatable bonds is 4. The van der Waals surface area contributed by atoms with Crippen molar-refractivity contribution in [2.45, 2.75) is 26.7 Å². The van der Waals surface area contributed by atoms with E-state index in [1.165, 1.54) is 0 Å². The van der Waals surface area contributed by atoms with Crippen LogP contribution < -0.4 is 15.4 Å². The molecular formula is C19H22N2O2. The molecule has 0 radical (unpaired) electrons. The molecule has 23 heavy (non-hydrogen) atoms. The van der Waals surface area contributed by atoms with Gasteiger partial charge in [-0.2, -0.15) is 0 Å². The third kappa shape index (κ3) is 3.31. The second kappa shape index (κ2) is 6.73. The number of anilines is 2. The summed E-state index contributed by atoms with van der Waals surface area (Å²) < 4.78 is 5.64. The van der Waals surface area contributed by atoms with E-state index < -0.39 is 0 Å². The van der Waals surface area contributed by atoms with E-state index in [0.717, 1.165) is 41.8 Å². The molecule has 0 unspecified atom stereocenters. The van der Waals surface area contributed by atoms with Gasteiger partial charge in [-0.3, -0.25) is 4.79 Å². The largest absolute Gasteiger partial charge is 0.492 e. The van der Waals surface area contributed by atoms with Crippen LogP contribution in [0.15, 0.2) is 36.4 Å². The molecule has 1 aliphatic rings. The summed E-state index contributed by atoms with van der Waals surface area (Å²) in [6.45, 7) is 5.47. The van der Waals surface area contributed by atoms with Crippen LogP contribution in [0.5, 0.6) is 5.75 Å². The van der Waals surface area contributed by atoms with Crippen LogP contribution >= 0.6 is 0 Å². The molecule has 0 bridgehead atoms. The minimum absolute atomic E-state index is 0.0876. The zero-order chi connectivity index (χ0) is 16.2. The topological polar surface area (TPSA) is 50.4 Å². The summed E-state index contributed by atoms with van der Waals surface area (Å²) >= 11 is 0. The highest BCUT2D eigenvalue weighted by atomic mass is 16.5. The van der Waals surface area contributed by atoms with E-state index >= 15 is 0 Å². The van der Waals surface area contributed by atoms with Crippen LogP contribution in [0.1, 0.15) is 34.8 Å². The Labute approximate surface area is 136 Å². The molecule has 1 aliphatic heterocycles. The number of nitrogens with one attached hydrogen (secondary N) is 2. The van der Waals surface area contributed by atoms with E-state index in [-0.39, 0.29) is 5.91 Å². The lowest BCUT2D eigenvalue weighted by Crippen LogP contribution is -2.19. The normalized spacial score (nSPS) is 13.0. The number of carbonyl (C=O) groups excluding carboxylic acids is 1. The maximum atomic E-state index is 12.7. The van der Waals surface area contributed by atoms with Crippen LogP contribution in [0.25, 0.3) is 0 Å². The molecule has 0 saturated heterocycles. The highest BCUT2D eigenvalue weighted by molar-refractivity contribution is 6.07. The lowest BCUT2D eigenvalue weighted by atomic mass is 9.97. The van der Waals surface area contributed by atoms with Gasteiger partial charge in [-0.1, -0.05) is 12.1 Å². The van der Waals surface area contributed by atoms with Gasteiger partial charge in [0.05, 0.1) is 12.3 Å². The second-order valence-electron chi connectivity index (χ2n) is 5.75. The van der Waals surface area contributed by atoms with E-state index in [4.69, 9.17) is 4.74 Å². The smallest absolute Gasteiger partial charge is 0.256 e. The lowest BCUT2D eigenvalue weighted by molar-refractivity contribution is 0.102. The number of amides is 1. The number of benzene rings is 2. The zero-order valence-electron chi connectivity index (χ0n) is 13.6. The van der Waals surface area contributed by atoms with E-state index in [9.17, 15) is 4.79 Å². The monoisotopic (exact) mass is 310 g/mol. The Morgan fingerprint density at radius 2 is 2.17 bits per heavy atom. The van der Waals surface area contributed by atoms with Crippen LogP contribution in [0.2, 0.25) is 0 Å². The predicted molar refractivity (Wildman–Crippen MR) is 93.6 cm³/mol. The van der Waals surface area contributed by atoms with Crippen LogP contribution in [0, 0.1) is 6.92 Å². The summed E-state index contributed by atoms with van der Waals surface area (Å²) in [6, 6.07) is 11.6. The first-order chi connectivity index (χ1) is 11.2. The fourth-order valence-electron chi connectivity index (χ4n) is 2.92. The van der Waals surface area contributed by atoms with Crippen LogP contribution in [-0.4, -0.2) is 19.1 Å². The minimum atomic E-state index is -0.0876. The first kappa shape index (κ1) is 15.4. The molecule has 0 saturated carbocycles. The van der Waals surface area contributed by atoms with Gasteiger partial charge in [0.25, 0.3) is 5.91 Å². The summed E-state index contributed by atoms with van der Waals surface area (Å²) in [5, 5.41) is 6.35. The molecule has 1 amide bonds. The molecule has 2 aromatic rings. The summed E-state index contributed by atoms with van der Waals surface area (Å²) in [5.41, 5.74) is 4.72. The van der Waals surface area contributed by atoms with Crippen molar-refractivity contribution >= 4 is 17.3 Å². The van der Waals surface area contributed by atoms with Gasteiger partial charge in [-0.15, -0.1) is 0 Å². The fraction of sp³-hybridized carbons (Fsp3) is 0.316. The Bertz CT molecular complexity index is 725. The Morgan fingerprint density at radius 1 is 1.30 bits per heavy atom. The SMILES string of the molecule is CCOc1cc(C)ccc1NC(=O)c1cccc2c1CCCN2. The predicted octanol–water partition coefficient (Wildman–Crippen LogP) is 4.00. The average Bonchev–Trinajstić information content (AvgIpc) is 2.57. The lowest BCUT2D eigenvalue weighted by Gasteiger charge is -2.21. The molecule has 0 fully saturated rings.